The summed E-state index contributed by atoms with van der Waals surface area (Å²) in [6.07, 6.45) is 2.20. The number of hydrogen-bond acceptors (Lipinski definition) is 6. The van der Waals surface area contributed by atoms with Crippen LogP contribution in [-0.4, -0.2) is 54.8 Å². The zero-order valence-electron chi connectivity index (χ0n) is 21.5. The third-order valence-electron chi connectivity index (χ3n) is 7.87. The fourth-order valence-corrected chi connectivity index (χ4v) is 5.55. The van der Waals surface area contributed by atoms with E-state index in [1.807, 2.05) is 41.6 Å². The molecule has 2 aliphatic rings. The number of halogens is 3. The van der Waals surface area contributed by atoms with Crippen molar-refractivity contribution in [3.8, 4) is 0 Å². The normalized spacial score (nSPS) is 18.3. The van der Waals surface area contributed by atoms with Crippen molar-refractivity contribution in [2.75, 3.05) is 25.1 Å². The number of pyridine rings is 1. The molecule has 3 aromatic rings. The summed E-state index contributed by atoms with van der Waals surface area (Å²) in [5.74, 6) is 1.49. The van der Waals surface area contributed by atoms with Gasteiger partial charge in [0.25, 0.3) is 0 Å². The van der Waals surface area contributed by atoms with Gasteiger partial charge in [-0.15, -0.1) is 10.2 Å². The highest BCUT2D eigenvalue weighted by atomic mass is 32.1. The van der Waals surface area contributed by atoms with Crippen LogP contribution in [0.15, 0.2) is 42.9 Å². The molecule has 2 aromatic heterocycles. The fourth-order valence-electron chi connectivity index (χ4n) is 5.38. The van der Waals surface area contributed by atoms with Crippen molar-refractivity contribution < 1.29 is 13.2 Å². The van der Waals surface area contributed by atoms with Gasteiger partial charge in [0, 0.05) is 44.0 Å². The number of alkyl halides is 3. The Morgan fingerprint density at radius 1 is 1.18 bits per heavy atom. The van der Waals surface area contributed by atoms with Gasteiger partial charge in [-0.2, -0.15) is 13.2 Å². The summed E-state index contributed by atoms with van der Waals surface area (Å²) < 4.78 is 44.2. The third-order valence-corrected chi connectivity index (χ3v) is 8.16. The van der Waals surface area contributed by atoms with Gasteiger partial charge in [-0.3, -0.25) is 9.88 Å². The lowest BCUT2D eigenvalue weighted by Gasteiger charge is -2.33. The summed E-state index contributed by atoms with van der Waals surface area (Å²) in [6.45, 7) is 3.98. The fraction of sp³-hybridized carbons (Fsp3) is 0.481. The van der Waals surface area contributed by atoms with Gasteiger partial charge in [0.2, 0.25) is 0 Å². The van der Waals surface area contributed by atoms with E-state index < -0.39 is 11.7 Å². The largest absolute Gasteiger partial charge is 0.418 e. The molecule has 11 heteroatoms. The van der Waals surface area contributed by atoms with Crippen molar-refractivity contribution in [3.05, 3.63) is 71.1 Å². The van der Waals surface area contributed by atoms with Gasteiger partial charge in [0.15, 0.2) is 0 Å². The Kier molecular flexibility index (Phi) is 7.67. The third kappa shape index (κ3) is 5.54. The SMILES string of the molecule is C[C@H](c1cnc(CNc2cccc([C@H](c3nncn3C)C3CCC3)c2)c(C(F)(F)F)c1)N1CCN(C=S)C1. The predicted molar refractivity (Wildman–Crippen MR) is 144 cm³/mol. The molecule has 0 radical (unpaired) electrons. The van der Waals surface area contributed by atoms with Crippen LogP contribution in [0.1, 0.15) is 66.4 Å². The van der Waals surface area contributed by atoms with E-state index in [9.17, 15) is 13.2 Å². The molecule has 7 nitrogen and oxygen atoms in total. The number of anilines is 1. The minimum atomic E-state index is -4.51. The maximum atomic E-state index is 14.1. The topological polar surface area (TPSA) is 62.1 Å². The Bertz CT molecular complexity index is 1270. The number of aromatic nitrogens is 4. The monoisotopic (exact) mass is 543 g/mol. The van der Waals surface area contributed by atoms with Crippen LogP contribution in [0, 0.1) is 5.92 Å². The lowest BCUT2D eigenvalue weighted by molar-refractivity contribution is -0.138. The van der Waals surface area contributed by atoms with E-state index in [2.05, 4.69) is 31.5 Å². The van der Waals surface area contributed by atoms with Gasteiger partial charge in [0.1, 0.15) is 12.2 Å². The average Bonchev–Trinajstić information content (AvgIpc) is 3.53. The first kappa shape index (κ1) is 26.6. The number of thiocarbonyl (C=S) groups is 1. The molecule has 1 saturated heterocycles. The minimum absolute atomic E-state index is 0.0235. The van der Waals surface area contributed by atoms with Crippen LogP contribution in [0.4, 0.5) is 18.9 Å². The maximum Gasteiger partial charge on any atom is 0.418 e. The zero-order chi connectivity index (χ0) is 26.9. The van der Waals surface area contributed by atoms with Gasteiger partial charge in [-0.05, 0) is 55.0 Å². The molecule has 1 aromatic carbocycles. The Labute approximate surface area is 226 Å². The van der Waals surface area contributed by atoms with E-state index in [1.165, 1.54) is 12.5 Å². The van der Waals surface area contributed by atoms with Crippen LogP contribution in [0.25, 0.3) is 0 Å². The van der Waals surface area contributed by atoms with Crippen LogP contribution in [0.5, 0.6) is 0 Å². The highest BCUT2D eigenvalue weighted by molar-refractivity contribution is 7.78. The number of aryl methyl sites for hydroxylation is 1. The van der Waals surface area contributed by atoms with Crippen LogP contribution >= 0.6 is 12.2 Å². The quantitative estimate of drug-likeness (QED) is 0.364. The summed E-state index contributed by atoms with van der Waals surface area (Å²) in [5.41, 5.74) is 3.24. The number of hydrogen-bond donors (Lipinski definition) is 1. The maximum absolute atomic E-state index is 14.1. The van der Waals surface area contributed by atoms with E-state index in [1.54, 1.807) is 18.0 Å². The molecular formula is C27H32F3N7S. The second-order valence-electron chi connectivity index (χ2n) is 10.3. The Hall–Kier alpha value is -3.05. The van der Waals surface area contributed by atoms with E-state index in [0.717, 1.165) is 43.0 Å². The van der Waals surface area contributed by atoms with Gasteiger partial charge in [-0.1, -0.05) is 30.8 Å². The van der Waals surface area contributed by atoms with Crippen LogP contribution in [-0.2, 0) is 19.8 Å². The average molecular weight is 544 g/mol. The molecule has 5 rings (SSSR count). The van der Waals surface area contributed by atoms with Crippen molar-refractivity contribution in [2.24, 2.45) is 13.0 Å². The number of nitrogens with one attached hydrogen (secondary N) is 1. The molecule has 2 atom stereocenters. The van der Waals surface area contributed by atoms with Gasteiger partial charge in [0.05, 0.1) is 30.0 Å². The number of benzene rings is 1. The van der Waals surface area contributed by atoms with Crippen molar-refractivity contribution in [1.82, 2.24) is 29.5 Å². The van der Waals surface area contributed by atoms with Crippen LogP contribution in [0.2, 0.25) is 0 Å². The Balaban J connectivity index is 1.35. The standard InChI is InChI=1S/C27H32F3N7S/c1-18(37-10-9-36(16-37)17-38)21-12-23(27(28,29)30)24(32-13-21)14-31-22-8-4-7-20(11-22)25(19-5-3-6-19)26-34-33-15-35(26)2/h4,7-8,11-13,15,17-19,25,31H,3,5-6,9-10,14,16H2,1-2H3/t18-,25-/m1/s1. The molecule has 2 fully saturated rings. The number of rotatable bonds is 9. The summed E-state index contributed by atoms with van der Waals surface area (Å²) >= 11 is 4.99. The van der Waals surface area contributed by atoms with E-state index in [4.69, 9.17) is 12.2 Å². The predicted octanol–water partition coefficient (Wildman–Crippen LogP) is 5.37. The summed E-state index contributed by atoms with van der Waals surface area (Å²) in [6, 6.07) is 8.91. The lowest BCUT2D eigenvalue weighted by Crippen LogP contribution is -2.27. The first-order chi connectivity index (χ1) is 18.2. The van der Waals surface area contributed by atoms with Gasteiger partial charge < -0.3 is 14.8 Å². The lowest BCUT2D eigenvalue weighted by atomic mass is 9.72. The summed E-state index contributed by atoms with van der Waals surface area (Å²) in [4.78, 5) is 8.34. The second-order valence-corrected chi connectivity index (χ2v) is 10.5. The summed E-state index contributed by atoms with van der Waals surface area (Å²) in [5, 5.41) is 11.6. The molecule has 0 unspecified atom stereocenters. The van der Waals surface area contributed by atoms with E-state index in [0.29, 0.717) is 18.2 Å². The summed E-state index contributed by atoms with van der Waals surface area (Å²) in [7, 11) is 1.94. The van der Waals surface area contributed by atoms with E-state index >= 15 is 0 Å². The second kappa shape index (κ2) is 11.0. The number of nitrogens with zero attached hydrogens (tertiary/aromatic N) is 6. The Morgan fingerprint density at radius 2 is 2.00 bits per heavy atom. The molecule has 202 valence electrons. The molecule has 38 heavy (non-hydrogen) atoms. The Morgan fingerprint density at radius 3 is 2.63 bits per heavy atom. The van der Waals surface area contributed by atoms with Gasteiger partial charge in [-0.25, -0.2) is 0 Å². The molecule has 0 spiro atoms. The molecule has 1 aliphatic heterocycles. The molecule has 3 heterocycles. The minimum Gasteiger partial charge on any atom is -0.379 e. The molecule has 1 N–H and O–H groups in total. The van der Waals surface area contributed by atoms with Crippen molar-refractivity contribution in [3.63, 3.8) is 0 Å². The molecule has 0 bridgehead atoms. The van der Waals surface area contributed by atoms with E-state index in [-0.39, 0.29) is 24.2 Å². The molecule has 1 saturated carbocycles. The molecule has 1 aliphatic carbocycles. The van der Waals surface area contributed by atoms with Crippen LogP contribution < -0.4 is 5.32 Å². The molecular weight excluding hydrogens is 511 g/mol. The highest BCUT2D eigenvalue weighted by Gasteiger charge is 2.36. The van der Waals surface area contributed by atoms with Gasteiger partial charge >= 0.3 is 6.18 Å². The van der Waals surface area contributed by atoms with Crippen molar-refractivity contribution in [1.29, 1.82) is 0 Å². The van der Waals surface area contributed by atoms with Crippen LogP contribution in [0.3, 0.4) is 0 Å². The van der Waals surface area contributed by atoms with Crippen molar-refractivity contribution >= 4 is 23.4 Å². The first-order valence-electron chi connectivity index (χ1n) is 12.9. The smallest absolute Gasteiger partial charge is 0.379 e. The molecule has 0 amide bonds. The zero-order valence-corrected chi connectivity index (χ0v) is 22.3. The van der Waals surface area contributed by atoms with Crippen molar-refractivity contribution in [2.45, 2.75) is 50.9 Å². The first-order valence-corrected chi connectivity index (χ1v) is 13.4. The highest BCUT2D eigenvalue weighted by Crippen LogP contribution is 2.43.